The summed E-state index contributed by atoms with van der Waals surface area (Å²) in [4.78, 5) is 32.4. The number of H-pyrrole nitrogens is 1. The lowest BCUT2D eigenvalue weighted by molar-refractivity contribution is -0.0941. The van der Waals surface area contributed by atoms with Crippen molar-refractivity contribution in [3.63, 3.8) is 0 Å². The Labute approximate surface area is 253 Å². The van der Waals surface area contributed by atoms with Gasteiger partial charge in [0.25, 0.3) is 5.91 Å². The van der Waals surface area contributed by atoms with Crippen LogP contribution < -0.4 is 15.4 Å². The molecule has 5 rings (SSSR count). The number of halogens is 3. The zero-order valence-corrected chi connectivity index (χ0v) is 24.4. The summed E-state index contributed by atoms with van der Waals surface area (Å²) in [5.74, 6) is -4.11. The molecule has 0 radical (unpaired) electrons. The van der Waals surface area contributed by atoms with Gasteiger partial charge in [0.1, 0.15) is 5.75 Å². The molecule has 0 spiro atoms. The number of amides is 1. The van der Waals surface area contributed by atoms with Crippen molar-refractivity contribution in [1.29, 1.82) is 0 Å². The summed E-state index contributed by atoms with van der Waals surface area (Å²) in [6.45, 7) is 11.2. The van der Waals surface area contributed by atoms with E-state index < -0.39 is 24.6 Å². The average molecular weight is 606 g/mol. The number of benzene rings is 2. The second kappa shape index (κ2) is 13.3. The fourth-order valence-corrected chi connectivity index (χ4v) is 5.22. The molecule has 2 aromatic heterocycles. The van der Waals surface area contributed by atoms with E-state index in [0.717, 1.165) is 69.8 Å². The zero-order valence-electron chi connectivity index (χ0n) is 24.4. The second-order valence-electron chi connectivity index (χ2n) is 11.0. The Morgan fingerprint density at radius 1 is 1.11 bits per heavy atom. The van der Waals surface area contributed by atoms with E-state index in [1.807, 2.05) is 24.4 Å². The molecule has 9 nitrogen and oxygen atoms in total. The largest absolute Gasteiger partial charge is 0.486 e. The molecule has 12 heteroatoms. The van der Waals surface area contributed by atoms with Gasteiger partial charge in [-0.05, 0) is 73.5 Å². The Bertz CT molecular complexity index is 1640. The number of piperazine rings is 1. The van der Waals surface area contributed by atoms with Gasteiger partial charge in [0, 0.05) is 55.8 Å². The van der Waals surface area contributed by atoms with E-state index >= 15 is 0 Å². The van der Waals surface area contributed by atoms with E-state index in [9.17, 15) is 18.0 Å². The lowest BCUT2D eigenvalue weighted by atomic mass is 10.0. The van der Waals surface area contributed by atoms with Crippen LogP contribution in [0.25, 0.3) is 26.9 Å². The van der Waals surface area contributed by atoms with Crippen LogP contribution in [0.15, 0.2) is 55.0 Å². The van der Waals surface area contributed by atoms with Gasteiger partial charge in [0.2, 0.25) is 5.95 Å². The lowest BCUT2D eigenvalue weighted by Gasteiger charge is -2.34. The Balaban J connectivity index is 1.11. The van der Waals surface area contributed by atoms with E-state index in [4.69, 9.17) is 17.0 Å². The minimum atomic E-state index is -3.70. The summed E-state index contributed by atoms with van der Waals surface area (Å²) in [5.41, 5.74) is 9.50. The van der Waals surface area contributed by atoms with E-state index in [0.29, 0.717) is 22.8 Å². The number of fused-ring (bicyclic) bond motifs is 1. The molecule has 1 unspecified atom stereocenters. The minimum Gasteiger partial charge on any atom is -0.486 e. The Morgan fingerprint density at radius 3 is 2.55 bits per heavy atom. The molecule has 44 heavy (non-hydrogen) atoms. The molecule has 1 atom stereocenters. The molecule has 0 bridgehead atoms. The van der Waals surface area contributed by atoms with Crippen LogP contribution >= 0.6 is 0 Å². The Kier molecular flexibility index (Phi) is 9.35. The predicted octanol–water partition coefficient (Wildman–Crippen LogP) is 5.79. The average Bonchev–Trinajstić information content (AvgIpc) is 3.44. The highest BCUT2D eigenvalue weighted by molar-refractivity contribution is 5.97. The summed E-state index contributed by atoms with van der Waals surface area (Å²) in [6, 6.07) is 10.1. The van der Waals surface area contributed by atoms with Crippen molar-refractivity contribution in [3.8, 4) is 16.9 Å². The SMILES string of the molecule is [C-]#[N+]c1ccc2[nH]cc(CCCCN3CCN(c4ncc(-c5ccc(OCC(F)(F)C(C)F)c(C(N)=O)c5)cn4)CC3)c2c1. The van der Waals surface area contributed by atoms with Crippen molar-refractivity contribution in [2.45, 2.75) is 38.3 Å². The molecule has 1 fully saturated rings. The van der Waals surface area contributed by atoms with Crippen LogP contribution in [0.3, 0.4) is 0 Å². The third-order valence-electron chi connectivity index (χ3n) is 7.92. The number of aromatic nitrogens is 3. The molecular weight excluding hydrogens is 571 g/mol. The summed E-state index contributed by atoms with van der Waals surface area (Å²) in [7, 11) is 0. The van der Waals surface area contributed by atoms with Gasteiger partial charge in [-0.2, -0.15) is 8.78 Å². The fourth-order valence-electron chi connectivity index (χ4n) is 5.22. The maximum atomic E-state index is 13.7. The van der Waals surface area contributed by atoms with Gasteiger partial charge in [-0.3, -0.25) is 9.69 Å². The van der Waals surface area contributed by atoms with Crippen molar-refractivity contribution >= 4 is 28.4 Å². The predicted molar refractivity (Wildman–Crippen MR) is 163 cm³/mol. The first-order valence-electron chi connectivity index (χ1n) is 14.5. The van der Waals surface area contributed by atoms with Crippen molar-refractivity contribution in [1.82, 2.24) is 19.9 Å². The molecule has 4 aromatic rings. The number of primary amides is 1. The first kappa shape index (κ1) is 30.8. The van der Waals surface area contributed by atoms with E-state index in [-0.39, 0.29) is 11.3 Å². The first-order chi connectivity index (χ1) is 21.1. The lowest BCUT2D eigenvalue weighted by Crippen LogP contribution is -2.47. The molecule has 0 aliphatic carbocycles. The van der Waals surface area contributed by atoms with Crippen LogP contribution in [0.1, 0.15) is 35.7 Å². The Morgan fingerprint density at radius 2 is 1.86 bits per heavy atom. The molecule has 3 heterocycles. The number of aromatic amines is 1. The highest BCUT2D eigenvalue weighted by atomic mass is 19.3. The van der Waals surface area contributed by atoms with Crippen LogP contribution in [-0.4, -0.2) is 77.2 Å². The number of nitrogens with one attached hydrogen (secondary N) is 1. The van der Waals surface area contributed by atoms with E-state index in [1.165, 1.54) is 17.7 Å². The van der Waals surface area contributed by atoms with Gasteiger partial charge in [-0.1, -0.05) is 12.1 Å². The van der Waals surface area contributed by atoms with Crippen LogP contribution in [0.5, 0.6) is 5.75 Å². The number of hydrogen-bond donors (Lipinski definition) is 2. The van der Waals surface area contributed by atoms with Crippen LogP contribution in [0.2, 0.25) is 0 Å². The van der Waals surface area contributed by atoms with E-state index in [2.05, 4.69) is 29.6 Å². The highest BCUT2D eigenvalue weighted by Gasteiger charge is 2.38. The molecular formula is C32H34F3N7O2. The number of nitrogens with two attached hydrogens (primary N) is 1. The molecule has 0 saturated carbocycles. The maximum Gasteiger partial charge on any atom is 0.311 e. The summed E-state index contributed by atoms with van der Waals surface area (Å²) in [5, 5.41) is 1.13. The van der Waals surface area contributed by atoms with Gasteiger partial charge in [0.15, 0.2) is 18.5 Å². The Hall–Kier alpha value is -4.63. The molecule has 230 valence electrons. The van der Waals surface area contributed by atoms with Gasteiger partial charge >= 0.3 is 5.92 Å². The second-order valence-corrected chi connectivity index (χ2v) is 11.0. The number of hydrogen-bond acceptors (Lipinski definition) is 6. The molecule has 3 N–H and O–H groups in total. The topological polar surface area (TPSA) is 105 Å². The highest BCUT2D eigenvalue weighted by Crippen LogP contribution is 2.29. The number of aryl methyl sites for hydroxylation is 1. The molecule has 2 aromatic carbocycles. The number of anilines is 1. The van der Waals surface area contributed by atoms with Gasteiger partial charge < -0.3 is 20.4 Å². The van der Waals surface area contributed by atoms with Gasteiger partial charge in [-0.15, -0.1) is 0 Å². The number of nitrogens with zero attached hydrogens (tertiary/aromatic N) is 5. The molecule has 1 saturated heterocycles. The fraction of sp³-hybridized carbons (Fsp3) is 0.375. The summed E-state index contributed by atoms with van der Waals surface area (Å²) in [6.07, 6.45) is 6.03. The number of rotatable bonds is 12. The van der Waals surface area contributed by atoms with Gasteiger partial charge in [0.05, 0.1) is 12.1 Å². The molecule has 1 aliphatic heterocycles. The van der Waals surface area contributed by atoms with Crippen LogP contribution in [0.4, 0.5) is 24.8 Å². The third-order valence-corrected chi connectivity index (χ3v) is 7.92. The molecule has 1 aliphatic rings. The number of alkyl halides is 3. The number of unbranched alkanes of at least 4 members (excludes halogenated alkanes) is 1. The number of carbonyl (C=O) groups is 1. The standard InChI is InChI=1S/C32H34F3N7O2/c1-21(33)32(34,35)20-44-29-9-6-22(15-27(29)30(36)43)24-18-39-31(40-19-24)42-13-11-41(12-14-42)10-4-3-5-23-17-38-28-8-7-25(37-2)16-26(23)28/h6-9,15-19,21,38H,3-5,10-14,20H2,1H3,(H2,36,43). The van der Waals surface area contributed by atoms with Crippen molar-refractivity contribution in [2.75, 3.05) is 44.2 Å². The zero-order chi connectivity index (χ0) is 31.3. The maximum absolute atomic E-state index is 13.7. The van der Waals surface area contributed by atoms with Crippen molar-refractivity contribution in [3.05, 3.63) is 77.5 Å². The quantitative estimate of drug-likeness (QED) is 0.157. The van der Waals surface area contributed by atoms with E-state index in [1.54, 1.807) is 18.5 Å². The smallest absolute Gasteiger partial charge is 0.311 e. The monoisotopic (exact) mass is 605 g/mol. The molecule has 1 amide bonds. The summed E-state index contributed by atoms with van der Waals surface area (Å²) >= 11 is 0. The normalized spacial score (nSPS) is 14.8. The van der Waals surface area contributed by atoms with Crippen molar-refractivity contribution in [2.24, 2.45) is 5.73 Å². The third kappa shape index (κ3) is 7.11. The first-order valence-corrected chi connectivity index (χ1v) is 14.5. The van der Waals surface area contributed by atoms with Crippen LogP contribution in [0, 0.1) is 6.57 Å². The minimum absolute atomic E-state index is 0.0966. The van der Waals surface area contributed by atoms with Crippen LogP contribution in [-0.2, 0) is 6.42 Å². The number of carbonyl (C=O) groups excluding carboxylic acids is 1. The van der Waals surface area contributed by atoms with Gasteiger partial charge in [-0.25, -0.2) is 19.2 Å². The van der Waals surface area contributed by atoms with Crippen molar-refractivity contribution < 1.29 is 22.7 Å². The summed E-state index contributed by atoms with van der Waals surface area (Å²) < 4.78 is 45.5. The number of ether oxygens (including phenoxy) is 1.